The summed E-state index contributed by atoms with van der Waals surface area (Å²) in [7, 11) is 0. The van der Waals surface area contributed by atoms with Gasteiger partial charge in [0.05, 0.1) is 0 Å². The lowest BCUT2D eigenvalue weighted by molar-refractivity contribution is -0.118. The molecule has 0 bridgehead atoms. The van der Waals surface area contributed by atoms with E-state index in [2.05, 4.69) is 25.1 Å². The number of hydrogen-bond acceptors (Lipinski definition) is 2. The lowest BCUT2D eigenvalue weighted by Gasteiger charge is -2.22. The Labute approximate surface area is 115 Å². The molecule has 3 nitrogen and oxygen atoms in total. The van der Waals surface area contributed by atoms with E-state index in [1.54, 1.807) is 0 Å². The summed E-state index contributed by atoms with van der Waals surface area (Å²) in [6.07, 6.45) is 3.38. The number of amides is 1. The van der Waals surface area contributed by atoms with Gasteiger partial charge in [-0.1, -0.05) is 19.1 Å². The van der Waals surface area contributed by atoms with Crippen LogP contribution >= 0.6 is 0 Å². The third-order valence-electron chi connectivity index (χ3n) is 3.65. The van der Waals surface area contributed by atoms with Crippen LogP contribution in [0.25, 0.3) is 0 Å². The molecule has 1 aromatic carbocycles. The number of nitrogens with zero attached hydrogens (tertiary/aromatic N) is 1. The summed E-state index contributed by atoms with van der Waals surface area (Å²) in [6, 6.07) is 6.86. The number of hydrogen-bond donors (Lipinski definition) is 1. The molecule has 1 aliphatic heterocycles. The van der Waals surface area contributed by atoms with Gasteiger partial charge in [-0.3, -0.25) is 4.79 Å². The Hall–Kier alpha value is -1.35. The lowest BCUT2D eigenvalue weighted by atomic mass is 10.0. The summed E-state index contributed by atoms with van der Waals surface area (Å²) < 4.78 is 0. The quantitative estimate of drug-likeness (QED) is 0.904. The standard InChI is InChI=1S/C16H24N2O/c1-4-5-16(19)18-12(3)9-14-10-13(8-11(2)17)6-7-15(14)18/h6-7,10-12H,4-5,8-9,17H2,1-3H3. The number of rotatable bonds is 4. The summed E-state index contributed by atoms with van der Waals surface area (Å²) in [5, 5.41) is 0. The molecule has 2 rings (SSSR count). The van der Waals surface area contributed by atoms with Crippen LogP contribution in [-0.4, -0.2) is 18.0 Å². The molecule has 1 aliphatic rings. The highest BCUT2D eigenvalue weighted by molar-refractivity contribution is 5.96. The fraction of sp³-hybridized carbons (Fsp3) is 0.562. The topological polar surface area (TPSA) is 46.3 Å². The van der Waals surface area contributed by atoms with Gasteiger partial charge in [0.25, 0.3) is 0 Å². The van der Waals surface area contributed by atoms with Crippen LogP contribution in [0.3, 0.4) is 0 Å². The van der Waals surface area contributed by atoms with Crippen molar-refractivity contribution in [2.45, 2.75) is 58.5 Å². The van der Waals surface area contributed by atoms with Gasteiger partial charge in [-0.15, -0.1) is 0 Å². The van der Waals surface area contributed by atoms with E-state index < -0.39 is 0 Å². The maximum absolute atomic E-state index is 12.2. The van der Waals surface area contributed by atoms with Gasteiger partial charge in [0, 0.05) is 24.2 Å². The zero-order valence-electron chi connectivity index (χ0n) is 12.1. The van der Waals surface area contributed by atoms with E-state index >= 15 is 0 Å². The Morgan fingerprint density at radius 2 is 2.26 bits per heavy atom. The first-order valence-corrected chi connectivity index (χ1v) is 7.22. The van der Waals surface area contributed by atoms with E-state index in [0.717, 1.165) is 24.9 Å². The molecular formula is C16H24N2O. The minimum atomic E-state index is 0.176. The molecule has 0 saturated heterocycles. The number of carbonyl (C=O) groups excluding carboxylic acids is 1. The van der Waals surface area contributed by atoms with Crippen LogP contribution in [0.15, 0.2) is 18.2 Å². The van der Waals surface area contributed by atoms with Crippen LogP contribution < -0.4 is 10.6 Å². The predicted molar refractivity (Wildman–Crippen MR) is 79.4 cm³/mol. The first-order valence-electron chi connectivity index (χ1n) is 7.22. The Morgan fingerprint density at radius 3 is 2.89 bits per heavy atom. The van der Waals surface area contributed by atoms with Gasteiger partial charge >= 0.3 is 0 Å². The van der Waals surface area contributed by atoms with Gasteiger partial charge < -0.3 is 10.6 Å². The van der Waals surface area contributed by atoms with Crippen LogP contribution in [0.4, 0.5) is 5.69 Å². The lowest BCUT2D eigenvalue weighted by Crippen LogP contribution is -2.35. The maximum Gasteiger partial charge on any atom is 0.227 e. The molecule has 0 saturated carbocycles. The second-order valence-electron chi connectivity index (χ2n) is 5.71. The van der Waals surface area contributed by atoms with Crippen molar-refractivity contribution in [2.24, 2.45) is 5.73 Å². The summed E-state index contributed by atoms with van der Waals surface area (Å²) in [4.78, 5) is 14.2. The summed E-state index contributed by atoms with van der Waals surface area (Å²) in [5.74, 6) is 0.244. The normalized spacial score (nSPS) is 19.4. The number of fused-ring (bicyclic) bond motifs is 1. The number of carbonyl (C=O) groups is 1. The highest BCUT2D eigenvalue weighted by Crippen LogP contribution is 2.33. The first kappa shape index (κ1) is 14.1. The molecule has 3 heteroatoms. The largest absolute Gasteiger partial charge is 0.328 e. The van der Waals surface area contributed by atoms with Crippen molar-refractivity contribution in [1.82, 2.24) is 0 Å². The monoisotopic (exact) mass is 260 g/mol. The fourth-order valence-electron chi connectivity index (χ4n) is 2.90. The minimum absolute atomic E-state index is 0.176. The SMILES string of the molecule is CCCC(=O)N1c2ccc(CC(C)N)cc2CC1C. The molecule has 0 aromatic heterocycles. The molecule has 2 unspecified atom stereocenters. The van der Waals surface area contributed by atoms with Crippen LogP contribution in [-0.2, 0) is 17.6 Å². The summed E-state index contributed by atoms with van der Waals surface area (Å²) in [5.41, 5.74) is 9.50. The molecule has 104 valence electrons. The molecule has 2 N–H and O–H groups in total. The molecule has 2 atom stereocenters. The van der Waals surface area contributed by atoms with Gasteiger partial charge in [-0.05, 0) is 50.3 Å². The second kappa shape index (κ2) is 5.74. The van der Waals surface area contributed by atoms with Crippen molar-refractivity contribution >= 4 is 11.6 Å². The fourth-order valence-corrected chi connectivity index (χ4v) is 2.90. The average Bonchev–Trinajstić information content (AvgIpc) is 2.63. The van der Waals surface area contributed by atoms with E-state index in [4.69, 9.17) is 5.73 Å². The van der Waals surface area contributed by atoms with Gasteiger partial charge in [0.15, 0.2) is 0 Å². The maximum atomic E-state index is 12.2. The number of benzene rings is 1. The van der Waals surface area contributed by atoms with Crippen LogP contribution in [0.5, 0.6) is 0 Å². The van der Waals surface area contributed by atoms with E-state index in [-0.39, 0.29) is 18.0 Å². The molecule has 0 aliphatic carbocycles. The van der Waals surface area contributed by atoms with Crippen molar-refractivity contribution in [3.8, 4) is 0 Å². The Balaban J connectivity index is 2.24. The van der Waals surface area contributed by atoms with Crippen molar-refractivity contribution in [3.63, 3.8) is 0 Å². The highest BCUT2D eigenvalue weighted by Gasteiger charge is 2.30. The predicted octanol–water partition coefficient (Wildman–Crippen LogP) is 2.65. The van der Waals surface area contributed by atoms with E-state index in [0.29, 0.717) is 6.42 Å². The van der Waals surface area contributed by atoms with Crippen LogP contribution in [0.1, 0.15) is 44.7 Å². The van der Waals surface area contributed by atoms with Gasteiger partial charge in [0.1, 0.15) is 0 Å². The van der Waals surface area contributed by atoms with Gasteiger partial charge in [0.2, 0.25) is 5.91 Å². The minimum Gasteiger partial charge on any atom is -0.328 e. The molecule has 1 heterocycles. The second-order valence-corrected chi connectivity index (χ2v) is 5.71. The zero-order valence-corrected chi connectivity index (χ0v) is 12.1. The van der Waals surface area contributed by atoms with Gasteiger partial charge in [-0.25, -0.2) is 0 Å². The smallest absolute Gasteiger partial charge is 0.227 e. The van der Waals surface area contributed by atoms with E-state index in [1.807, 2.05) is 18.7 Å². The van der Waals surface area contributed by atoms with Crippen molar-refractivity contribution in [2.75, 3.05) is 4.90 Å². The Kier molecular flexibility index (Phi) is 4.25. The van der Waals surface area contributed by atoms with Crippen LogP contribution in [0, 0.1) is 0 Å². The Bertz CT molecular complexity index is 468. The molecule has 19 heavy (non-hydrogen) atoms. The molecule has 1 amide bonds. The van der Waals surface area contributed by atoms with Crippen molar-refractivity contribution in [1.29, 1.82) is 0 Å². The van der Waals surface area contributed by atoms with E-state index in [9.17, 15) is 4.79 Å². The summed E-state index contributed by atoms with van der Waals surface area (Å²) in [6.45, 7) is 6.19. The molecule has 0 radical (unpaired) electrons. The molecule has 0 spiro atoms. The van der Waals surface area contributed by atoms with Crippen LogP contribution in [0.2, 0.25) is 0 Å². The molecule has 1 aromatic rings. The third-order valence-corrected chi connectivity index (χ3v) is 3.65. The summed E-state index contributed by atoms with van der Waals surface area (Å²) >= 11 is 0. The highest BCUT2D eigenvalue weighted by atomic mass is 16.2. The van der Waals surface area contributed by atoms with E-state index in [1.165, 1.54) is 11.1 Å². The Morgan fingerprint density at radius 1 is 1.53 bits per heavy atom. The van der Waals surface area contributed by atoms with Gasteiger partial charge in [-0.2, -0.15) is 0 Å². The third kappa shape index (κ3) is 2.98. The van der Waals surface area contributed by atoms with Crippen molar-refractivity contribution < 1.29 is 4.79 Å². The zero-order chi connectivity index (χ0) is 14.0. The number of anilines is 1. The number of nitrogens with two attached hydrogens (primary N) is 1. The average molecular weight is 260 g/mol. The molecular weight excluding hydrogens is 236 g/mol. The first-order chi connectivity index (χ1) is 9.02. The molecule has 0 fully saturated rings. The van der Waals surface area contributed by atoms with Crippen molar-refractivity contribution in [3.05, 3.63) is 29.3 Å².